The standard InChI is InChI=1S/C14H19NO4/c1-3-18-13(16)11-8-6-5-7-10(11)12(9-15)14(17)19-4-2/h11H,3-8H2,1-2H3/b12-10-. The first kappa shape index (κ1) is 15.2. The molecule has 0 N–H and O–H groups in total. The highest BCUT2D eigenvalue weighted by Crippen LogP contribution is 2.33. The van der Waals surface area contributed by atoms with E-state index in [2.05, 4.69) is 0 Å². The second-order valence-corrected chi connectivity index (χ2v) is 4.28. The summed E-state index contributed by atoms with van der Waals surface area (Å²) in [6, 6.07) is 1.88. The maximum absolute atomic E-state index is 11.9. The molecule has 0 aromatic heterocycles. The Bertz CT molecular complexity index is 420. The summed E-state index contributed by atoms with van der Waals surface area (Å²) in [5.41, 5.74) is 0.547. The van der Waals surface area contributed by atoms with Gasteiger partial charge in [-0.25, -0.2) is 4.79 Å². The third-order valence-electron chi connectivity index (χ3n) is 3.09. The molecule has 0 heterocycles. The molecule has 5 heteroatoms. The summed E-state index contributed by atoms with van der Waals surface area (Å²) in [4.78, 5) is 23.6. The first-order valence-electron chi connectivity index (χ1n) is 6.62. The van der Waals surface area contributed by atoms with Gasteiger partial charge >= 0.3 is 11.9 Å². The Morgan fingerprint density at radius 1 is 1.26 bits per heavy atom. The third kappa shape index (κ3) is 3.82. The fourth-order valence-corrected chi connectivity index (χ4v) is 2.27. The molecule has 104 valence electrons. The van der Waals surface area contributed by atoms with Gasteiger partial charge < -0.3 is 9.47 Å². The Morgan fingerprint density at radius 2 is 1.95 bits per heavy atom. The Balaban J connectivity index is 3.05. The average molecular weight is 265 g/mol. The largest absolute Gasteiger partial charge is 0.466 e. The Labute approximate surface area is 113 Å². The van der Waals surface area contributed by atoms with Crippen LogP contribution in [0.4, 0.5) is 0 Å². The van der Waals surface area contributed by atoms with Gasteiger partial charge in [-0.1, -0.05) is 6.42 Å². The monoisotopic (exact) mass is 265 g/mol. The zero-order valence-corrected chi connectivity index (χ0v) is 11.4. The van der Waals surface area contributed by atoms with E-state index in [1.807, 2.05) is 6.07 Å². The molecule has 0 bridgehead atoms. The van der Waals surface area contributed by atoms with Gasteiger partial charge in [0, 0.05) is 0 Å². The van der Waals surface area contributed by atoms with Crippen LogP contribution in [0.1, 0.15) is 39.5 Å². The van der Waals surface area contributed by atoms with Crippen molar-refractivity contribution in [2.75, 3.05) is 13.2 Å². The molecule has 1 unspecified atom stereocenters. The summed E-state index contributed by atoms with van der Waals surface area (Å²) < 4.78 is 9.88. The minimum atomic E-state index is -0.642. The van der Waals surface area contributed by atoms with Crippen molar-refractivity contribution in [1.29, 1.82) is 5.26 Å². The molecule has 1 fully saturated rings. The summed E-state index contributed by atoms with van der Waals surface area (Å²) in [6.07, 6.45) is 2.97. The fraction of sp³-hybridized carbons (Fsp3) is 0.643. The van der Waals surface area contributed by atoms with E-state index in [9.17, 15) is 9.59 Å². The van der Waals surface area contributed by atoms with Crippen molar-refractivity contribution in [2.24, 2.45) is 5.92 Å². The van der Waals surface area contributed by atoms with Crippen LogP contribution in [0.25, 0.3) is 0 Å². The number of carbonyl (C=O) groups excluding carboxylic acids is 2. The molecule has 0 saturated heterocycles. The number of carbonyl (C=O) groups is 2. The Kier molecular flexibility index (Phi) is 6.07. The first-order valence-corrected chi connectivity index (χ1v) is 6.62. The number of nitrogens with zero attached hydrogens (tertiary/aromatic N) is 1. The van der Waals surface area contributed by atoms with Gasteiger partial charge in [0.15, 0.2) is 0 Å². The summed E-state index contributed by atoms with van der Waals surface area (Å²) >= 11 is 0. The number of esters is 2. The molecule has 1 aliphatic carbocycles. The van der Waals surface area contributed by atoms with E-state index >= 15 is 0 Å². The first-order chi connectivity index (χ1) is 9.15. The van der Waals surface area contributed by atoms with Gasteiger partial charge in [-0.3, -0.25) is 4.79 Å². The molecule has 0 amide bonds. The van der Waals surface area contributed by atoms with Crippen LogP contribution >= 0.6 is 0 Å². The van der Waals surface area contributed by atoms with Gasteiger partial charge in [-0.05, 0) is 38.7 Å². The van der Waals surface area contributed by atoms with Crippen molar-refractivity contribution in [3.8, 4) is 6.07 Å². The van der Waals surface area contributed by atoms with Crippen LogP contribution in [0.15, 0.2) is 11.1 Å². The van der Waals surface area contributed by atoms with E-state index in [-0.39, 0.29) is 18.1 Å². The topological polar surface area (TPSA) is 76.4 Å². The molecule has 0 aliphatic heterocycles. The molecule has 1 rings (SSSR count). The molecule has 1 saturated carbocycles. The smallest absolute Gasteiger partial charge is 0.348 e. The second kappa shape index (κ2) is 7.57. The highest BCUT2D eigenvalue weighted by Gasteiger charge is 2.31. The molecule has 0 aromatic carbocycles. The zero-order chi connectivity index (χ0) is 14.3. The van der Waals surface area contributed by atoms with Crippen LogP contribution in [0.2, 0.25) is 0 Å². The van der Waals surface area contributed by atoms with Gasteiger partial charge in [0.1, 0.15) is 11.6 Å². The minimum absolute atomic E-state index is 0.0281. The lowest BCUT2D eigenvalue weighted by Crippen LogP contribution is -2.25. The van der Waals surface area contributed by atoms with E-state index in [4.69, 9.17) is 14.7 Å². The summed E-state index contributed by atoms with van der Waals surface area (Å²) in [5.74, 6) is -1.47. The van der Waals surface area contributed by atoms with Crippen molar-refractivity contribution < 1.29 is 19.1 Å². The number of hydrogen-bond acceptors (Lipinski definition) is 5. The summed E-state index contributed by atoms with van der Waals surface area (Å²) in [5, 5.41) is 9.14. The van der Waals surface area contributed by atoms with Crippen LogP contribution in [0.5, 0.6) is 0 Å². The molecule has 0 aromatic rings. The maximum Gasteiger partial charge on any atom is 0.348 e. The highest BCUT2D eigenvalue weighted by molar-refractivity contribution is 5.95. The van der Waals surface area contributed by atoms with E-state index in [1.54, 1.807) is 13.8 Å². The van der Waals surface area contributed by atoms with Crippen LogP contribution in [0.3, 0.4) is 0 Å². The molecule has 0 spiro atoms. The molecular formula is C14H19NO4. The van der Waals surface area contributed by atoms with Crippen molar-refractivity contribution in [3.63, 3.8) is 0 Å². The normalized spacial score (nSPS) is 21.2. The molecule has 0 radical (unpaired) electrons. The van der Waals surface area contributed by atoms with Crippen molar-refractivity contribution in [2.45, 2.75) is 39.5 Å². The third-order valence-corrected chi connectivity index (χ3v) is 3.09. The van der Waals surface area contributed by atoms with Crippen molar-refractivity contribution >= 4 is 11.9 Å². The molecular weight excluding hydrogens is 246 g/mol. The van der Waals surface area contributed by atoms with Gasteiger partial charge in [-0.2, -0.15) is 5.26 Å². The predicted molar refractivity (Wildman–Crippen MR) is 67.9 cm³/mol. The number of ether oxygens (including phenoxy) is 2. The number of rotatable bonds is 4. The van der Waals surface area contributed by atoms with Gasteiger partial charge in [0.2, 0.25) is 0 Å². The number of hydrogen-bond donors (Lipinski definition) is 0. The maximum atomic E-state index is 11.9. The summed E-state index contributed by atoms with van der Waals surface area (Å²) in [7, 11) is 0. The molecule has 5 nitrogen and oxygen atoms in total. The predicted octanol–water partition coefficient (Wildman–Crippen LogP) is 2.12. The fourth-order valence-electron chi connectivity index (χ4n) is 2.27. The van der Waals surface area contributed by atoms with E-state index in [0.717, 1.165) is 12.8 Å². The molecule has 19 heavy (non-hydrogen) atoms. The van der Waals surface area contributed by atoms with Crippen LogP contribution in [-0.2, 0) is 19.1 Å². The second-order valence-electron chi connectivity index (χ2n) is 4.28. The van der Waals surface area contributed by atoms with Crippen molar-refractivity contribution in [3.05, 3.63) is 11.1 Å². The molecule has 1 aliphatic rings. The number of nitriles is 1. The Hall–Kier alpha value is -1.83. The molecule has 1 atom stereocenters. The van der Waals surface area contributed by atoms with Crippen molar-refractivity contribution in [1.82, 2.24) is 0 Å². The van der Waals surface area contributed by atoms with E-state index in [1.165, 1.54) is 0 Å². The van der Waals surface area contributed by atoms with E-state index < -0.39 is 11.9 Å². The highest BCUT2D eigenvalue weighted by atomic mass is 16.5. The van der Waals surface area contributed by atoms with Gasteiger partial charge in [-0.15, -0.1) is 0 Å². The Morgan fingerprint density at radius 3 is 2.53 bits per heavy atom. The van der Waals surface area contributed by atoms with E-state index in [0.29, 0.717) is 25.0 Å². The van der Waals surface area contributed by atoms with Crippen LogP contribution in [-0.4, -0.2) is 25.2 Å². The zero-order valence-electron chi connectivity index (χ0n) is 11.4. The SMILES string of the molecule is CCOC(=O)/C(C#N)=C1/CCCCC1C(=O)OCC. The van der Waals surface area contributed by atoms with Gasteiger partial charge in [0.25, 0.3) is 0 Å². The van der Waals surface area contributed by atoms with Gasteiger partial charge in [0.05, 0.1) is 19.1 Å². The quantitative estimate of drug-likeness (QED) is 0.442. The lowest BCUT2D eigenvalue weighted by molar-refractivity contribution is -0.147. The average Bonchev–Trinajstić information content (AvgIpc) is 2.41. The van der Waals surface area contributed by atoms with Crippen LogP contribution < -0.4 is 0 Å². The minimum Gasteiger partial charge on any atom is -0.466 e. The lowest BCUT2D eigenvalue weighted by atomic mass is 9.81. The van der Waals surface area contributed by atoms with Crippen LogP contribution in [0, 0.1) is 17.2 Å². The lowest BCUT2D eigenvalue weighted by Gasteiger charge is -2.24. The summed E-state index contributed by atoms with van der Waals surface area (Å²) in [6.45, 7) is 3.92.